The van der Waals surface area contributed by atoms with Crippen molar-refractivity contribution < 1.29 is 14.3 Å². The van der Waals surface area contributed by atoms with Gasteiger partial charge >= 0.3 is 5.97 Å². The van der Waals surface area contributed by atoms with E-state index in [1.165, 1.54) is 29.2 Å². The Morgan fingerprint density at radius 2 is 1.85 bits per heavy atom. The predicted octanol–water partition coefficient (Wildman–Crippen LogP) is 4.03. The zero-order chi connectivity index (χ0) is 18.1. The highest BCUT2D eigenvalue weighted by Crippen LogP contribution is 2.42. The van der Waals surface area contributed by atoms with Gasteiger partial charge in [-0.15, -0.1) is 0 Å². The summed E-state index contributed by atoms with van der Waals surface area (Å²) < 4.78 is 11.4. The topological polar surface area (TPSA) is 38.8 Å². The zero-order valence-corrected chi connectivity index (χ0v) is 15.2. The van der Waals surface area contributed by atoms with E-state index in [2.05, 4.69) is 36.2 Å². The summed E-state index contributed by atoms with van der Waals surface area (Å²) in [6.45, 7) is 4.09. The van der Waals surface area contributed by atoms with Crippen LogP contribution in [0.15, 0.2) is 48.0 Å². The first kappa shape index (κ1) is 16.9. The maximum Gasteiger partial charge on any atom is 0.308 e. The number of hydrogen-bond donors (Lipinski definition) is 0. The van der Waals surface area contributed by atoms with Crippen molar-refractivity contribution in [1.82, 2.24) is 4.90 Å². The van der Waals surface area contributed by atoms with E-state index in [9.17, 15) is 4.79 Å². The normalized spacial score (nSPS) is 17.0. The highest BCUT2D eigenvalue weighted by atomic mass is 16.5. The molecule has 0 saturated carbocycles. The summed E-state index contributed by atoms with van der Waals surface area (Å²) in [6, 6.07) is 14.1. The number of rotatable bonds is 1. The standard InChI is InChI=1S/C22H23NO3/c1-15(24)26-18-7-8-21-20(13-18)22(16-9-11-23(2)12-10-16)19-6-4-3-5-17(19)14-25-21/h3-8,13H,9-12,14H2,1-2H3. The first-order chi connectivity index (χ1) is 12.6. The van der Waals surface area contributed by atoms with Crippen LogP contribution in [0, 0.1) is 0 Å². The van der Waals surface area contributed by atoms with E-state index in [-0.39, 0.29) is 5.97 Å². The Kier molecular flexibility index (Phi) is 4.51. The molecule has 2 aromatic rings. The van der Waals surface area contributed by atoms with Gasteiger partial charge in [-0.1, -0.05) is 29.8 Å². The molecular formula is C22H23NO3. The number of carbonyl (C=O) groups excluding carboxylic acids is 1. The Hall–Kier alpha value is -2.59. The quantitative estimate of drug-likeness (QED) is 0.575. The molecule has 0 bridgehead atoms. The molecule has 0 aliphatic carbocycles. The monoisotopic (exact) mass is 349 g/mol. The Morgan fingerprint density at radius 3 is 2.62 bits per heavy atom. The molecule has 4 heteroatoms. The first-order valence-corrected chi connectivity index (χ1v) is 9.06. The van der Waals surface area contributed by atoms with Crippen LogP contribution in [0.5, 0.6) is 11.5 Å². The molecule has 0 amide bonds. The van der Waals surface area contributed by atoms with Crippen molar-refractivity contribution >= 4 is 11.5 Å². The highest BCUT2D eigenvalue weighted by molar-refractivity contribution is 5.87. The van der Waals surface area contributed by atoms with Crippen LogP contribution in [0.2, 0.25) is 0 Å². The van der Waals surface area contributed by atoms with Gasteiger partial charge in [0.15, 0.2) is 0 Å². The number of nitrogens with zero attached hydrogens (tertiary/aromatic N) is 1. The lowest BCUT2D eigenvalue weighted by molar-refractivity contribution is -0.131. The summed E-state index contributed by atoms with van der Waals surface area (Å²) in [6.07, 6.45) is 2.08. The van der Waals surface area contributed by atoms with Gasteiger partial charge in [0.05, 0.1) is 0 Å². The van der Waals surface area contributed by atoms with Crippen molar-refractivity contribution in [3.05, 3.63) is 64.7 Å². The van der Waals surface area contributed by atoms with Crippen LogP contribution < -0.4 is 9.47 Å². The number of ether oxygens (including phenoxy) is 2. The number of esters is 1. The molecule has 134 valence electrons. The number of hydrogen-bond acceptors (Lipinski definition) is 4. The van der Waals surface area contributed by atoms with Crippen molar-refractivity contribution in [2.45, 2.75) is 26.4 Å². The lowest BCUT2D eigenvalue weighted by Gasteiger charge is -2.27. The van der Waals surface area contributed by atoms with E-state index in [0.717, 1.165) is 37.2 Å². The Labute approximate surface area is 154 Å². The number of carbonyl (C=O) groups is 1. The summed E-state index contributed by atoms with van der Waals surface area (Å²) in [5, 5.41) is 0. The van der Waals surface area contributed by atoms with E-state index < -0.39 is 0 Å². The second kappa shape index (κ2) is 6.96. The largest absolute Gasteiger partial charge is 0.488 e. The van der Waals surface area contributed by atoms with Crippen LogP contribution in [-0.4, -0.2) is 31.0 Å². The maximum absolute atomic E-state index is 11.4. The third kappa shape index (κ3) is 3.25. The third-order valence-electron chi connectivity index (χ3n) is 5.10. The zero-order valence-electron chi connectivity index (χ0n) is 15.2. The van der Waals surface area contributed by atoms with E-state index in [0.29, 0.717) is 12.4 Å². The van der Waals surface area contributed by atoms with Crippen LogP contribution in [0.25, 0.3) is 5.57 Å². The lowest BCUT2D eigenvalue weighted by atomic mass is 9.86. The maximum atomic E-state index is 11.4. The van der Waals surface area contributed by atoms with E-state index in [1.54, 1.807) is 6.07 Å². The molecule has 4 rings (SSSR count). The molecule has 4 nitrogen and oxygen atoms in total. The fraction of sp³-hybridized carbons (Fsp3) is 0.318. The summed E-state index contributed by atoms with van der Waals surface area (Å²) in [7, 11) is 2.17. The van der Waals surface area contributed by atoms with Crippen molar-refractivity contribution in [3.8, 4) is 11.5 Å². The molecule has 0 radical (unpaired) electrons. The lowest BCUT2D eigenvalue weighted by Crippen LogP contribution is -2.27. The molecule has 26 heavy (non-hydrogen) atoms. The molecule has 0 spiro atoms. The van der Waals surface area contributed by atoms with Gasteiger partial charge in [-0.3, -0.25) is 4.79 Å². The molecule has 2 aliphatic rings. The van der Waals surface area contributed by atoms with Crippen LogP contribution in [0.1, 0.15) is 36.5 Å². The minimum absolute atomic E-state index is 0.312. The Bertz CT molecular complexity index is 875. The Balaban J connectivity index is 1.90. The number of likely N-dealkylation sites (tertiary alicyclic amines) is 1. The van der Waals surface area contributed by atoms with Gasteiger partial charge in [0.1, 0.15) is 18.1 Å². The average molecular weight is 349 g/mol. The molecule has 2 heterocycles. The SMILES string of the molecule is CC(=O)Oc1ccc2c(c1)C(=C1CCN(C)CC1)c1ccccc1CO2. The Morgan fingerprint density at radius 1 is 1.08 bits per heavy atom. The molecule has 2 aromatic carbocycles. The number of fused-ring (bicyclic) bond motifs is 2. The molecule has 1 fully saturated rings. The van der Waals surface area contributed by atoms with Gasteiger partial charge in [-0.25, -0.2) is 0 Å². The summed E-state index contributed by atoms with van der Waals surface area (Å²) in [5.41, 5.74) is 6.13. The minimum atomic E-state index is -0.312. The van der Waals surface area contributed by atoms with Gasteiger partial charge < -0.3 is 14.4 Å². The van der Waals surface area contributed by atoms with Crippen molar-refractivity contribution in [3.63, 3.8) is 0 Å². The fourth-order valence-electron chi connectivity index (χ4n) is 3.77. The van der Waals surface area contributed by atoms with Gasteiger partial charge in [-0.05, 0) is 54.8 Å². The van der Waals surface area contributed by atoms with Crippen LogP contribution in [-0.2, 0) is 11.4 Å². The second-order valence-electron chi connectivity index (χ2n) is 6.98. The smallest absolute Gasteiger partial charge is 0.308 e. The summed E-state index contributed by atoms with van der Waals surface area (Å²) in [4.78, 5) is 13.8. The third-order valence-corrected chi connectivity index (χ3v) is 5.10. The van der Waals surface area contributed by atoms with E-state index in [4.69, 9.17) is 9.47 Å². The van der Waals surface area contributed by atoms with Crippen LogP contribution in [0.4, 0.5) is 0 Å². The highest BCUT2D eigenvalue weighted by Gasteiger charge is 2.24. The summed E-state index contributed by atoms with van der Waals surface area (Å²) >= 11 is 0. The van der Waals surface area contributed by atoms with Gasteiger partial charge in [0.25, 0.3) is 0 Å². The average Bonchev–Trinajstić information content (AvgIpc) is 2.79. The van der Waals surface area contributed by atoms with E-state index in [1.807, 2.05) is 12.1 Å². The molecule has 0 unspecified atom stereocenters. The second-order valence-corrected chi connectivity index (χ2v) is 6.98. The van der Waals surface area contributed by atoms with Crippen molar-refractivity contribution in [1.29, 1.82) is 0 Å². The molecular weight excluding hydrogens is 326 g/mol. The van der Waals surface area contributed by atoms with Gasteiger partial charge in [-0.2, -0.15) is 0 Å². The van der Waals surface area contributed by atoms with Crippen molar-refractivity contribution in [2.75, 3.05) is 20.1 Å². The fourth-order valence-corrected chi connectivity index (χ4v) is 3.77. The molecule has 0 aromatic heterocycles. The summed E-state index contributed by atoms with van der Waals surface area (Å²) in [5.74, 6) is 1.09. The number of benzene rings is 2. The van der Waals surface area contributed by atoms with Gasteiger partial charge in [0, 0.05) is 25.6 Å². The molecule has 1 saturated heterocycles. The molecule has 0 N–H and O–H groups in total. The minimum Gasteiger partial charge on any atom is -0.488 e. The van der Waals surface area contributed by atoms with E-state index >= 15 is 0 Å². The van der Waals surface area contributed by atoms with Crippen LogP contribution >= 0.6 is 0 Å². The first-order valence-electron chi connectivity index (χ1n) is 9.06. The van der Waals surface area contributed by atoms with Crippen molar-refractivity contribution in [2.24, 2.45) is 0 Å². The number of piperidine rings is 1. The predicted molar refractivity (Wildman–Crippen MR) is 101 cm³/mol. The van der Waals surface area contributed by atoms with Gasteiger partial charge in [0.2, 0.25) is 0 Å². The van der Waals surface area contributed by atoms with Crippen LogP contribution in [0.3, 0.4) is 0 Å². The molecule has 2 aliphatic heterocycles. The molecule has 0 atom stereocenters.